The van der Waals surface area contributed by atoms with Crippen LogP contribution in [-0.2, 0) is 16.1 Å². The van der Waals surface area contributed by atoms with E-state index in [4.69, 9.17) is 9.47 Å². The van der Waals surface area contributed by atoms with Gasteiger partial charge in [0.2, 0.25) is 0 Å². The first-order valence-corrected chi connectivity index (χ1v) is 8.75. The van der Waals surface area contributed by atoms with E-state index in [9.17, 15) is 9.59 Å². The largest absolute Gasteiger partial charge is 0.445 e. The molecule has 1 atom stereocenters. The van der Waals surface area contributed by atoms with Crippen LogP contribution in [0.2, 0.25) is 0 Å². The number of nitrogens with zero attached hydrogens (tertiary/aromatic N) is 2. The van der Waals surface area contributed by atoms with Crippen molar-refractivity contribution in [1.82, 2.24) is 9.80 Å². The van der Waals surface area contributed by atoms with Crippen molar-refractivity contribution in [2.75, 3.05) is 19.6 Å². The molecule has 138 valence electrons. The Kier molecular flexibility index (Phi) is 6.28. The molecule has 0 bridgehead atoms. The van der Waals surface area contributed by atoms with Gasteiger partial charge in [-0.25, -0.2) is 9.59 Å². The molecule has 6 nitrogen and oxygen atoms in total. The van der Waals surface area contributed by atoms with Crippen molar-refractivity contribution in [3.8, 4) is 0 Å². The number of hydrogen-bond acceptors (Lipinski definition) is 4. The van der Waals surface area contributed by atoms with Gasteiger partial charge in [-0.15, -0.1) is 0 Å². The highest BCUT2D eigenvalue weighted by Gasteiger charge is 2.34. The van der Waals surface area contributed by atoms with Gasteiger partial charge in [0.05, 0.1) is 6.04 Å². The van der Waals surface area contributed by atoms with E-state index in [2.05, 4.69) is 0 Å². The molecule has 1 fully saturated rings. The molecule has 1 aromatic carbocycles. The van der Waals surface area contributed by atoms with Gasteiger partial charge < -0.3 is 19.3 Å². The highest BCUT2D eigenvalue weighted by molar-refractivity contribution is 5.71. The molecule has 0 radical (unpaired) electrons. The van der Waals surface area contributed by atoms with Crippen LogP contribution in [0.15, 0.2) is 30.3 Å². The van der Waals surface area contributed by atoms with Crippen LogP contribution in [0.1, 0.15) is 39.7 Å². The molecule has 1 heterocycles. The molecule has 1 aliphatic rings. The predicted molar refractivity (Wildman–Crippen MR) is 95.2 cm³/mol. The summed E-state index contributed by atoms with van der Waals surface area (Å²) in [5.74, 6) is 0. The molecule has 25 heavy (non-hydrogen) atoms. The number of hydrogen-bond donors (Lipinski definition) is 0. The summed E-state index contributed by atoms with van der Waals surface area (Å²) in [6, 6.07) is 9.53. The van der Waals surface area contributed by atoms with Crippen molar-refractivity contribution in [2.24, 2.45) is 0 Å². The lowest BCUT2D eigenvalue weighted by Gasteiger charge is -2.40. The lowest BCUT2D eigenvalue weighted by molar-refractivity contribution is -0.00367. The zero-order valence-corrected chi connectivity index (χ0v) is 15.5. The number of piperazine rings is 1. The first kappa shape index (κ1) is 19.1. The second-order valence-electron chi connectivity index (χ2n) is 7.22. The third-order valence-electron chi connectivity index (χ3n) is 4.05. The molecule has 6 heteroatoms. The number of rotatable bonds is 3. The standard InChI is InChI=1S/C19H28N2O4/c1-5-16-13-20(11-12-21(16)18(23)25-19(2,3)4)17(22)24-14-15-9-7-6-8-10-15/h6-10,16H,5,11-14H2,1-4H3/t16-/m0/s1. The number of carbonyl (C=O) groups excluding carboxylic acids is 2. The summed E-state index contributed by atoms with van der Waals surface area (Å²) in [7, 11) is 0. The van der Waals surface area contributed by atoms with Gasteiger partial charge in [0.15, 0.2) is 0 Å². The molecule has 0 spiro atoms. The summed E-state index contributed by atoms with van der Waals surface area (Å²) in [4.78, 5) is 28.0. The lowest BCUT2D eigenvalue weighted by Crippen LogP contribution is -2.57. The molecule has 1 aromatic rings. The van der Waals surface area contributed by atoms with Gasteiger partial charge in [-0.2, -0.15) is 0 Å². The van der Waals surface area contributed by atoms with Crippen molar-refractivity contribution in [1.29, 1.82) is 0 Å². The van der Waals surface area contributed by atoms with Crippen molar-refractivity contribution >= 4 is 12.2 Å². The number of carbonyl (C=O) groups is 2. The quantitative estimate of drug-likeness (QED) is 0.836. The molecule has 0 unspecified atom stereocenters. The van der Waals surface area contributed by atoms with E-state index in [0.29, 0.717) is 19.6 Å². The number of ether oxygens (including phenoxy) is 2. The van der Waals surface area contributed by atoms with Gasteiger partial charge in [0.25, 0.3) is 0 Å². The SMILES string of the molecule is CC[C@H]1CN(C(=O)OCc2ccccc2)CCN1C(=O)OC(C)(C)C. The normalized spacial score (nSPS) is 18.0. The van der Waals surface area contributed by atoms with Gasteiger partial charge >= 0.3 is 12.2 Å². The second-order valence-corrected chi connectivity index (χ2v) is 7.22. The van der Waals surface area contributed by atoms with Crippen molar-refractivity contribution < 1.29 is 19.1 Å². The van der Waals surface area contributed by atoms with E-state index >= 15 is 0 Å². The number of amides is 2. The zero-order chi connectivity index (χ0) is 18.4. The van der Waals surface area contributed by atoms with E-state index in [1.54, 1.807) is 9.80 Å². The maximum absolute atomic E-state index is 12.3. The Bertz CT molecular complexity index is 583. The highest BCUT2D eigenvalue weighted by atomic mass is 16.6. The van der Waals surface area contributed by atoms with Crippen LogP contribution in [0, 0.1) is 0 Å². The maximum atomic E-state index is 12.3. The molecule has 0 aromatic heterocycles. The van der Waals surface area contributed by atoms with Crippen molar-refractivity contribution in [2.45, 2.75) is 52.4 Å². The van der Waals surface area contributed by atoms with Crippen molar-refractivity contribution in [3.05, 3.63) is 35.9 Å². The van der Waals surface area contributed by atoms with Gasteiger partial charge in [-0.1, -0.05) is 37.3 Å². The third kappa shape index (κ3) is 5.66. The zero-order valence-electron chi connectivity index (χ0n) is 15.5. The summed E-state index contributed by atoms with van der Waals surface area (Å²) in [5, 5.41) is 0. The fourth-order valence-corrected chi connectivity index (χ4v) is 2.74. The monoisotopic (exact) mass is 348 g/mol. The summed E-state index contributed by atoms with van der Waals surface area (Å²) >= 11 is 0. The van der Waals surface area contributed by atoms with E-state index < -0.39 is 5.60 Å². The summed E-state index contributed by atoms with van der Waals surface area (Å²) in [6.45, 7) is 9.17. The fourth-order valence-electron chi connectivity index (χ4n) is 2.74. The average molecular weight is 348 g/mol. The third-order valence-corrected chi connectivity index (χ3v) is 4.05. The lowest BCUT2D eigenvalue weighted by atomic mass is 10.1. The van der Waals surface area contributed by atoms with E-state index in [1.807, 2.05) is 58.0 Å². The molecule has 2 rings (SSSR count). The first-order chi connectivity index (χ1) is 11.8. The highest BCUT2D eigenvalue weighted by Crippen LogP contribution is 2.18. The van der Waals surface area contributed by atoms with Crippen LogP contribution in [0.5, 0.6) is 0 Å². The maximum Gasteiger partial charge on any atom is 0.410 e. The van der Waals surface area contributed by atoms with Crippen LogP contribution >= 0.6 is 0 Å². The van der Waals surface area contributed by atoms with Crippen LogP contribution in [-0.4, -0.2) is 53.3 Å². The van der Waals surface area contributed by atoms with E-state index in [-0.39, 0.29) is 24.8 Å². The molecule has 1 aliphatic heterocycles. The molecule has 2 amide bonds. The molecule has 0 aliphatic carbocycles. The van der Waals surface area contributed by atoms with Gasteiger partial charge in [-0.05, 0) is 32.8 Å². The smallest absolute Gasteiger partial charge is 0.410 e. The van der Waals surface area contributed by atoms with Crippen LogP contribution < -0.4 is 0 Å². The van der Waals surface area contributed by atoms with E-state index in [1.165, 1.54) is 0 Å². The predicted octanol–water partition coefficient (Wildman–Crippen LogP) is 3.65. The minimum absolute atomic E-state index is 0.0622. The molecule has 1 saturated heterocycles. The molecular formula is C19H28N2O4. The average Bonchev–Trinajstić information content (AvgIpc) is 2.58. The van der Waals surface area contributed by atoms with Gasteiger partial charge in [0, 0.05) is 19.6 Å². The molecule has 0 saturated carbocycles. The Morgan fingerprint density at radius 3 is 2.40 bits per heavy atom. The van der Waals surface area contributed by atoms with Crippen LogP contribution in [0.4, 0.5) is 9.59 Å². The van der Waals surface area contributed by atoms with E-state index in [0.717, 1.165) is 12.0 Å². The topological polar surface area (TPSA) is 59.1 Å². The minimum Gasteiger partial charge on any atom is -0.445 e. The Hall–Kier alpha value is -2.24. The first-order valence-electron chi connectivity index (χ1n) is 8.75. The second kappa shape index (κ2) is 8.23. The fraction of sp³-hybridized carbons (Fsp3) is 0.579. The van der Waals surface area contributed by atoms with Crippen molar-refractivity contribution in [3.63, 3.8) is 0 Å². The Morgan fingerprint density at radius 1 is 1.12 bits per heavy atom. The summed E-state index contributed by atoms with van der Waals surface area (Å²) in [5.41, 5.74) is 0.427. The van der Waals surface area contributed by atoms with Crippen LogP contribution in [0.3, 0.4) is 0 Å². The minimum atomic E-state index is -0.527. The Labute approximate surface area is 149 Å². The molecular weight excluding hydrogens is 320 g/mol. The Morgan fingerprint density at radius 2 is 1.80 bits per heavy atom. The Balaban J connectivity index is 1.89. The summed E-state index contributed by atoms with van der Waals surface area (Å²) in [6.07, 6.45) is 0.0876. The van der Waals surface area contributed by atoms with Crippen LogP contribution in [0.25, 0.3) is 0 Å². The summed E-state index contributed by atoms with van der Waals surface area (Å²) < 4.78 is 10.9. The van der Waals surface area contributed by atoms with Gasteiger partial charge in [0.1, 0.15) is 12.2 Å². The molecule has 0 N–H and O–H groups in total. The van der Waals surface area contributed by atoms with Gasteiger partial charge in [-0.3, -0.25) is 0 Å². The number of benzene rings is 1.